The van der Waals surface area contributed by atoms with Crippen molar-refractivity contribution in [1.29, 1.82) is 0 Å². The van der Waals surface area contributed by atoms with Crippen LogP contribution in [-0.4, -0.2) is 64.7 Å². The predicted octanol–water partition coefficient (Wildman–Crippen LogP) is 4.09. The molecule has 1 fully saturated rings. The summed E-state index contributed by atoms with van der Waals surface area (Å²) in [6.07, 6.45) is 8.29. The van der Waals surface area contributed by atoms with E-state index in [2.05, 4.69) is 50.2 Å². The van der Waals surface area contributed by atoms with Crippen LogP contribution in [0.5, 0.6) is 0 Å². The van der Waals surface area contributed by atoms with E-state index in [1.807, 2.05) is 63.0 Å². The number of imidazole rings is 1. The van der Waals surface area contributed by atoms with Gasteiger partial charge in [0.15, 0.2) is 0 Å². The van der Waals surface area contributed by atoms with Gasteiger partial charge < -0.3 is 25.3 Å². The van der Waals surface area contributed by atoms with Crippen LogP contribution in [0.3, 0.4) is 0 Å². The van der Waals surface area contributed by atoms with Crippen molar-refractivity contribution in [1.82, 2.24) is 24.8 Å². The second-order valence-corrected chi connectivity index (χ2v) is 10.8. The van der Waals surface area contributed by atoms with E-state index in [0.717, 1.165) is 47.6 Å². The van der Waals surface area contributed by atoms with E-state index in [9.17, 15) is 4.79 Å². The van der Waals surface area contributed by atoms with E-state index in [1.54, 1.807) is 6.33 Å². The number of ether oxygens (including phenoxy) is 1. The van der Waals surface area contributed by atoms with Crippen LogP contribution in [0.15, 0.2) is 49.1 Å². The van der Waals surface area contributed by atoms with Gasteiger partial charge in [0, 0.05) is 50.9 Å². The van der Waals surface area contributed by atoms with Crippen molar-refractivity contribution in [3.8, 4) is 0 Å². The van der Waals surface area contributed by atoms with Crippen molar-refractivity contribution >= 4 is 29.7 Å². The molecule has 3 aromatic rings. The highest BCUT2D eigenvalue weighted by molar-refractivity contribution is 6.30. The molecule has 3 heterocycles. The first-order valence-corrected chi connectivity index (χ1v) is 13.1. The van der Waals surface area contributed by atoms with Gasteiger partial charge in [0.2, 0.25) is 0 Å². The molecule has 0 amide bonds. The number of fused-ring (bicyclic) bond motifs is 2. The minimum absolute atomic E-state index is 0.291. The number of likely N-dealkylation sites (N-methyl/N-ethyl adjacent to an activating group) is 1. The largest absolute Gasteiger partial charge is 0.462 e. The van der Waals surface area contributed by atoms with Gasteiger partial charge >= 0.3 is 0 Å². The Labute approximate surface area is 230 Å². The second-order valence-electron chi connectivity index (χ2n) is 10.4. The Morgan fingerprint density at radius 1 is 1.18 bits per heavy atom. The van der Waals surface area contributed by atoms with Gasteiger partial charge in [0.1, 0.15) is 5.60 Å². The zero-order chi connectivity index (χ0) is 27.7. The Kier molecular flexibility index (Phi) is 10.6. The maximum absolute atomic E-state index is 9.60. The fourth-order valence-corrected chi connectivity index (χ4v) is 4.30. The Balaban J connectivity index is 0.000000235. The lowest BCUT2D eigenvalue weighted by molar-refractivity contribution is -0.138. The molecule has 0 saturated carbocycles. The molecule has 1 aromatic carbocycles. The third-order valence-electron chi connectivity index (χ3n) is 6.23. The molecule has 2 aliphatic rings. The predicted molar refractivity (Wildman–Crippen MR) is 154 cm³/mol. The molecule has 8 nitrogen and oxygen atoms in total. The average molecular weight is 539 g/mol. The summed E-state index contributed by atoms with van der Waals surface area (Å²) in [5.74, 6) is 0. The van der Waals surface area contributed by atoms with E-state index < -0.39 is 0 Å². The van der Waals surface area contributed by atoms with Gasteiger partial charge in [-0.1, -0.05) is 23.7 Å². The number of carbonyl (C=O) groups excluding carboxylic acids is 1. The molecule has 1 aliphatic heterocycles. The molecule has 0 spiro atoms. The topological polar surface area (TPSA) is 98.3 Å². The van der Waals surface area contributed by atoms with Crippen molar-refractivity contribution in [2.24, 2.45) is 12.8 Å². The normalized spacial score (nSPS) is 15.7. The fraction of sp³-hybridized carbons (Fsp3) is 0.414. The molecule has 0 radical (unpaired) electrons. The molecule has 38 heavy (non-hydrogen) atoms. The number of halogens is 1. The summed E-state index contributed by atoms with van der Waals surface area (Å²) in [6, 6.07) is 9.70. The van der Waals surface area contributed by atoms with Crippen molar-refractivity contribution < 1.29 is 9.53 Å². The van der Waals surface area contributed by atoms with Crippen molar-refractivity contribution in [2.75, 3.05) is 33.2 Å². The Morgan fingerprint density at radius 3 is 2.47 bits per heavy atom. The van der Waals surface area contributed by atoms with E-state index in [1.165, 1.54) is 18.7 Å². The van der Waals surface area contributed by atoms with Gasteiger partial charge in [-0.2, -0.15) is 0 Å². The molecular formula is C29H39ClN6O2. The van der Waals surface area contributed by atoms with Crippen LogP contribution in [0.2, 0.25) is 5.02 Å². The highest BCUT2D eigenvalue weighted by atomic mass is 35.5. The van der Waals surface area contributed by atoms with Gasteiger partial charge in [0.25, 0.3) is 6.47 Å². The molecule has 0 bridgehead atoms. The zero-order valence-corrected chi connectivity index (χ0v) is 23.7. The molecule has 5 rings (SSSR count). The van der Waals surface area contributed by atoms with Crippen LogP contribution in [0.4, 0.5) is 0 Å². The van der Waals surface area contributed by atoms with Gasteiger partial charge in [-0.25, -0.2) is 4.98 Å². The van der Waals surface area contributed by atoms with Crippen molar-refractivity contribution in [2.45, 2.75) is 38.8 Å². The number of nitrogens with zero attached hydrogens (tertiary/aromatic N) is 4. The lowest BCUT2D eigenvalue weighted by atomic mass is 9.92. The van der Waals surface area contributed by atoms with Gasteiger partial charge in [0.05, 0.1) is 30.0 Å². The summed E-state index contributed by atoms with van der Waals surface area (Å²) in [5.41, 5.74) is 12.7. The smallest absolute Gasteiger partial charge is 0.293 e. The summed E-state index contributed by atoms with van der Waals surface area (Å²) in [7, 11) is 4.11. The van der Waals surface area contributed by atoms with Crippen LogP contribution < -0.4 is 11.1 Å². The maximum atomic E-state index is 9.60. The van der Waals surface area contributed by atoms with E-state index >= 15 is 0 Å². The van der Waals surface area contributed by atoms with Crippen LogP contribution in [0, 0.1) is 0 Å². The monoisotopic (exact) mass is 538 g/mol. The first-order chi connectivity index (χ1) is 18.1. The molecule has 204 valence electrons. The molecule has 2 aromatic heterocycles. The Morgan fingerprint density at radius 2 is 1.92 bits per heavy atom. The first kappa shape index (κ1) is 29.5. The summed E-state index contributed by atoms with van der Waals surface area (Å²) in [4.78, 5) is 20.7. The molecule has 1 aliphatic carbocycles. The van der Waals surface area contributed by atoms with Crippen LogP contribution >= 0.6 is 11.6 Å². The minimum Gasteiger partial charge on any atom is -0.462 e. The number of aromatic nitrogens is 3. The lowest BCUT2D eigenvalue weighted by Crippen LogP contribution is -2.40. The fourth-order valence-electron chi connectivity index (χ4n) is 4.13. The number of rotatable bonds is 3. The Bertz CT molecular complexity index is 1230. The molecule has 1 atom stereocenters. The number of benzene rings is 1. The van der Waals surface area contributed by atoms with Crippen LogP contribution in [0.1, 0.15) is 54.9 Å². The number of nitrogens with one attached hydrogen (secondary N) is 1. The number of carbonyl (C=O) groups is 1. The quantitative estimate of drug-likeness (QED) is 0.484. The summed E-state index contributed by atoms with van der Waals surface area (Å²) in [6.45, 7) is 10.7. The molecular weight excluding hydrogens is 500 g/mol. The lowest BCUT2D eigenvalue weighted by Gasteiger charge is -2.21. The zero-order valence-electron chi connectivity index (χ0n) is 22.9. The van der Waals surface area contributed by atoms with Crippen LogP contribution in [0.25, 0.3) is 11.6 Å². The van der Waals surface area contributed by atoms with E-state index in [4.69, 9.17) is 17.3 Å². The Hall–Kier alpha value is -3.04. The third kappa shape index (κ3) is 8.49. The first-order valence-electron chi connectivity index (χ1n) is 12.8. The highest BCUT2D eigenvalue weighted by Crippen LogP contribution is 2.37. The summed E-state index contributed by atoms with van der Waals surface area (Å²) < 4.78 is 6.50. The van der Waals surface area contributed by atoms with E-state index in [0.29, 0.717) is 11.5 Å². The van der Waals surface area contributed by atoms with Gasteiger partial charge in [-0.15, -0.1) is 0 Å². The number of hydrogen-bond acceptors (Lipinski definition) is 7. The molecule has 1 saturated heterocycles. The second kappa shape index (κ2) is 13.7. The molecule has 1 unspecified atom stereocenters. The molecule has 3 N–H and O–H groups in total. The molecule has 9 heteroatoms. The number of nitrogens with two attached hydrogens (primary N) is 1. The summed E-state index contributed by atoms with van der Waals surface area (Å²) in [5, 5.41) is 3.98. The number of pyridine rings is 1. The average Bonchev–Trinajstić information content (AvgIpc) is 3.23. The third-order valence-corrected chi connectivity index (χ3v) is 6.46. The van der Waals surface area contributed by atoms with Gasteiger partial charge in [-0.05, 0) is 74.4 Å². The number of aryl methyl sites for hydroxylation is 1. The van der Waals surface area contributed by atoms with Gasteiger partial charge in [-0.3, -0.25) is 9.78 Å². The van der Waals surface area contributed by atoms with Crippen molar-refractivity contribution in [3.05, 3.63) is 82.2 Å². The van der Waals surface area contributed by atoms with E-state index in [-0.39, 0.29) is 11.6 Å². The maximum Gasteiger partial charge on any atom is 0.293 e. The standard InChI is InChI=1S/C19H17ClN4.C5H12N2.C5H10O2/c1-24-11-22-10-18(24)19(21)16-7-13-3-2-6-23-17(13)8-12-4-5-14(20)9-15(12)16;1-7-4-2-6-3-5-7;1-5(2,3)7-4-6/h2-7,9-11,19H,8,21H2,1H3;6H,2-5H2,1H3;4H,1-3H3. The highest BCUT2D eigenvalue weighted by Gasteiger charge is 2.23. The van der Waals surface area contributed by atoms with Crippen LogP contribution in [-0.2, 0) is 23.0 Å². The number of piperazine rings is 1. The van der Waals surface area contributed by atoms with Crippen molar-refractivity contribution in [3.63, 3.8) is 0 Å². The number of hydrogen-bond donors (Lipinski definition) is 2. The summed E-state index contributed by atoms with van der Waals surface area (Å²) >= 11 is 6.27. The minimum atomic E-state index is -0.318. The SMILES string of the molecule is CC(C)(C)OC=O.CN1CCNCC1.Cn1cncc1C(N)C1=Cc2cccnc2Cc2ccc(Cl)cc21.